The number of pyridine rings is 1. The Bertz CT molecular complexity index is 971. The normalized spacial score (nSPS) is 24.6. The second-order valence-electron chi connectivity index (χ2n) is 6.58. The van der Waals surface area contributed by atoms with Gasteiger partial charge in [-0.05, 0) is 30.0 Å². The van der Waals surface area contributed by atoms with Crippen LogP contribution in [-0.2, 0) is 9.59 Å². The first-order valence-electron chi connectivity index (χ1n) is 8.27. The number of aliphatic hydroxyl groups is 1. The molecule has 0 bridgehead atoms. The van der Waals surface area contributed by atoms with Gasteiger partial charge in [-0.15, -0.1) is 0 Å². The van der Waals surface area contributed by atoms with Crippen LogP contribution in [0, 0.1) is 23.2 Å². The molecule has 2 aromatic rings. The zero-order chi connectivity index (χ0) is 18.4. The van der Waals surface area contributed by atoms with Crippen molar-refractivity contribution < 1.29 is 14.7 Å². The lowest BCUT2D eigenvalue weighted by Crippen LogP contribution is -2.29. The first-order valence-corrected chi connectivity index (χ1v) is 8.65. The molecule has 7 nitrogen and oxygen atoms in total. The van der Waals surface area contributed by atoms with Crippen LogP contribution in [-0.4, -0.2) is 34.6 Å². The number of hydrogen-bond donors (Lipinski definition) is 2. The van der Waals surface area contributed by atoms with Crippen LogP contribution >= 0.6 is 11.6 Å². The fraction of sp³-hybridized carbons (Fsp3) is 0.333. The summed E-state index contributed by atoms with van der Waals surface area (Å²) < 4.78 is 0. The van der Waals surface area contributed by atoms with Crippen LogP contribution in [0.25, 0.3) is 10.8 Å². The number of aliphatic hydroxyl groups excluding tert-OH is 1. The largest absolute Gasteiger partial charge is 0.383 e. The molecule has 0 spiro atoms. The smallest absolute Gasteiger partial charge is 0.255 e. The Hall–Kier alpha value is -2.69. The summed E-state index contributed by atoms with van der Waals surface area (Å²) in [6.07, 6.45) is 1.54. The molecule has 1 aromatic carbocycles. The lowest BCUT2D eigenvalue weighted by atomic mass is 10.1. The number of rotatable bonds is 3. The van der Waals surface area contributed by atoms with Crippen molar-refractivity contribution in [3.05, 3.63) is 29.4 Å². The first kappa shape index (κ1) is 16.8. The topological polar surface area (TPSA) is 106 Å². The van der Waals surface area contributed by atoms with E-state index in [1.54, 1.807) is 24.4 Å². The van der Waals surface area contributed by atoms with Crippen molar-refractivity contribution in [1.82, 2.24) is 4.98 Å². The van der Waals surface area contributed by atoms with Crippen LogP contribution in [0.4, 0.5) is 11.5 Å². The number of nitrogens with zero attached hydrogens (tertiary/aromatic N) is 3. The van der Waals surface area contributed by atoms with Crippen molar-refractivity contribution in [2.45, 2.75) is 18.9 Å². The van der Waals surface area contributed by atoms with Gasteiger partial charge >= 0.3 is 0 Å². The second-order valence-corrected chi connectivity index (χ2v) is 6.99. The molecule has 1 saturated heterocycles. The predicted octanol–water partition coefficient (Wildman–Crippen LogP) is 2.08. The van der Waals surface area contributed by atoms with Crippen LogP contribution < -0.4 is 10.2 Å². The van der Waals surface area contributed by atoms with E-state index in [4.69, 9.17) is 16.9 Å². The summed E-state index contributed by atoms with van der Waals surface area (Å²) in [4.78, 5) is 29.8. The van der Waals surface area contributed by atoms with Crippen molar-refractivity contribution in [2.75, 3.05) is 16.8 Å². The number of fused-ring (bicyclic) bond motifs is 1. The fourth-order valence-corrected chi connectivity index (χ4v) is 3.46. The lowest BCUT2D eigenvalue weighted by Gasteiger charge is -2.17. The molecular formula is C18H15ClN4O3. The molecule has 2 fully saturated rings. The van der Waals surface area contributed by atoms with Gasteiger partial charge in [0.15, 0.2) is 0 Å². The Morgan fingerprint density at radius 1 is 1.42 bits per heavy atom. The van der Waals surface area contributed by atoms with Crippen LogP contribution in [0.1, 0.15) is 12.8 Å². The molecule has 2 heterocycles. The van der Waals surface area contributed by atoms with Gasteiger partial charge in [0.2, 0.25) is 5.91 Å². The van der Waals surface area contributed by atoms with Gasteiger partial charge in [-0.3, -0.25) is 9.59 Å². The van der Waals surface area contributed by atoms with Gasteiger partial charge in [-0.25, -0.2) is 4.98 Å². The van der Waals surface area contributed by atoms with Crippen molar-refractivity contribution in [1.29, 1.82) is 5.26 Å². The average Bonchev–Trinajstić information content (AvgIpc) is 3.34. The molecule has 2 amide bonds. The van der Waals surface area contributed by atoms with Crippen LogP contribution in [0.2, 0.25) is 5.02 Å². The average molecular weight is 371 g/mol. The van der Waals surface area contributed by atoms with Gasteiger partial charge in [0.05, 0.1) is 22.9 Å². The number of nitriles is 1. The maximum atomic E-state index is 12.1. The molecule has 2 unspecified atom stereocenters. The number of benzene rings is 1. The maximum Gasteiger partial charge on any atom is 0.255 e. The van der Waals surface area contributed by atoms with Crippen molar-refractivity contribution >= 4 is 45.7 Å². The summed E-state index contributed by atoms with van der Waals surface area (Å²) in [5.41, 5.74) is 0.597. The summed E-state index contributed by atoms with van der Waals surface area (Å²) >= 11 is 6.32. The van der Waals surface area contributed by atoms with Gasteiger partial charge in [0, 0.05) is 30.2 Å². The Labute approximate surface area is 154 Å². The van der Waals surface area contributed by atoms with Gasteiger partial charge in [-0.1, -0.05) is 11.6 Å². The summed E-state index contributed by atoms with van der Waals surface area (Å²) in [7, 11) is 0. The highest BCUT2D eigenvalue weighted by atomic mass is 35.5. The maximum absolute atomic E-state index is 12.1. The van der Waals surface area contributed by atoms with Crippen molar-refractivity contribution in [3.63, 3.8) is 0 Å². The first-order chi connectivity index (χ1) is 12.5. The third-order valence-electron chi connectivity index (χ3n) is 4.80. The zero-order valence-electron chi connectivity index (χ0n) is 13.6. The van der Waals surface area contributed by atoms with E-state index in [-0.39, 0.29) is 23.7 Å². The molecular weight excluding hydrogens is 356 g/mol. The standard InChI is InChI=1S/C18H15ClN4O3/c19-14-6-11(23-2-1-15(24)18(23)26)3-9-5-16(21-8-13(9)14)22-17(25)12-4-10(12)7-20/h3,5-6,8,10,12,15,24H,1-2,4H2,(H,21,22,25)/t10?,12?,15-/m0/s1. The number of nitrogens with one attached hydrogen (secondary N) is 1. The third kappa shape index (κ3) is 2.87. The molecule has 1 aromatic heterocycles. The monoisotopic (exact) mass is 370 g/mol. The Morgan fingerprint density at radius 2 is 2.23 bits per heavy atom. The number of hydrogen-bond acceptors (Lipinski definition) is 5. The summed E-state index contributed by atoms with van der Waals surface area (Å²) in [5.74, 6) is -0.699. The molecule has 3 atom stereocenters. The molecule has 1 saturated carbocycles. The fourth-order valence-electron chi connectivity index (χ4n) is 3.19. The number of anilines is 2. The highest BCUT2D eigenvalue weighted by molar-refractivity contribution is 6.36. The van der Waals surface area contributed by atoms with E-state index < -0.39 is 6.10 Å². The molecule has 4 rings (SSSR count). The van der Waals surface area contributed by atoms with Gasteiger partial charge in [-0.2, -0.15) is 5.26 Å². The van der Waals surface area contributed by atoms with Crippen molar-refractivity contribution in [3.8, 4) is 6.07 Å². The number of aromatic nitrogens is 1. The van der Waals surface area contributed by atoms with Gasteiger partial charge < -0.3 is 15.3 Å². The molecule has 132 valence electrons. The lowest BCUT2D eigenvalue weighted by molar-refractivity contribution is -0.124. The van der Waals surface area contributed by atoms with Crippen LogP contribution in [0.3, 0.4) is 0 Å². The van der Waals surface area contributed by atoms with E-state index in [1.807, 2.05) is 0 Å². The Kier molecular flexibility index (Phi) is 4.02. The van der Waals surface area contributed by atoms with E-state index in [0.29, 0.717) is 41.3 Å². The summed E-state index contributed by atoms with van der Waals surface area (Å²) in [6, 6.07) is 7.22. The molecule has 8 heteroatoms. The van der Waals surface area contributed by atoms with Crippen LogP contribution in [0.15, 0.2) is 24.4 Å². The molecule has 1 aliphatic carbocycles. The van der Waals surface area contributed by atoms with E-state index in [2.05, 4.69) is 16.4 Å². The number of carbonyl (C=O) groups is 2. The van der Waals surface area contributed by atoms with E-state index >= 15 is 0 Å². The SMILES string of the molecule is N#CC1CC1C(=O)Nc1cc2cc(N3CC[C@H](O)C3=O)cc(Cl)c2cn1. The van der Waals surface area contributed by atoms with Crippen LogP contribution in [0.5, 0.6) is 0 Å². The molecule has 2 N–H and O–H groups in total. The minimum absolute atomic E-state index is 0.218. The highest BCUT2D eigenvalue weighted by Gasteiger charge is 2.43. The predicted molar refractivity (Wildman–Crippen MR) is 95.6 cm³/mol. The number of carbonyl (C=O) groups excluding carboxylic acids is 2. The summed E-state index contributed by atoms with van der Waals surface area (Å²) in [5, 5.41) is 23.0. The van der Waals surface area contributed by atoms with Gasteiger partial charge in [0.25, 0.3) is 5.91 Å². The number of amides is 2. The minimum Gasteiger partial charge on any atom is -0.383 e. The van der Waals surface area contributed by atoms with E-state index in [1.165, 1.54) is 4.90 Å². The molecule has 26 heavy (non-hydrogen) atoms. The molecule has 1 aliphatic heterocycles. The third-order valence-corrected chi connectivity index (χ3v) is 5.12. The Balaban J connectivity index is 1.63. The van der Waals surface area contributed by atoms with Gasteiger partial charge in [0.1, 0.15) is 11.9 Å². The summed E-state index contributed by atoms with van der Waals surface area (Å²) in [6.45, 7) is 0.424. The molecule has 2 aliphatic rings. The van der Waals surface area contributed by atoms with Crippen molar-refractivity contribution in [2.24, 2.45) is 11.8 Å². The zero-order valence-corrected chi connectivity index (χ0v) is 14.4. The highest BCUT2D eigenvalue weighted by Crippen LogP contribution is 2.38. The molecule has 0 radical (unpaired) electrons. The minimum atomic E-state index is -0.983. The quantitative estimate of drug-likeness (QED) is 0.860. The Morgan fingerprint density at radius 3 is 2.88 bits per heavy atom. The second kappa shape index (κ2) is 6.24. The van der Waals surface area contributed by atoms with E-state index in [0.717, 1.165) is 5.39 Å². The van der Waals surface area contributed by atoms with E-state index in [9.17, 15) is 14.7 Å². The number of halogens is 1.